The van der Waals surface area contributed by atoms with Crippen LogP contribution in [0.1, 0.15) is 40.5 Å². The highest BCUT2D eigenvalue weighted by Crippen LogP contribution is 2.50. The molecule has 3 aromatic heterocycles. The van der Waals surface area contributed by atoms with E-state index in [1.54, 1.807) is 19.3 Å². The minimum Gasteiger partial charge on any atom is -0.355 e. The number of carbonyl (C=O) groups is 1. The van der Waals surface area contributed by atoms with Crippen molar-refractivity contribution >= 4 is 61.5 Å². The molecule has 0 bridgehead atoms. The number of rotatable bonds is 7. The summed E-state index contributed by atoms with van der Waals surface area (Å²) in [4.78, 5) is 29.6. The van der Waals surface area contributed by atoms with Crippen LogP contribution in [0.2, 0.25) is 10.0 Å². The lowest BCUT2D eigenvalue weighted by Crippen LogP contribution is -2.45. The van der Waals surface area contributed by atoms with Crippen molar-refractivity contribution in [2.24, 2.45) is 0 Å². The van der Waals surface area contributed by atoms with E-state index in [1.165, 1.54) is 10.6 Å². The van der Waals surface area contributed by atoms with Crippen molar-refractivity contribution in [3.05, 3.63) is 118 Å². The second kappa shape index (κ2) is 12.6. The molecule has 0 aliphatic carbocycles. The number of H-pyrrole nitrogens is 1. The Morgan fingerprint density at radius 2 is 1.70 bits per heavy atom. The third-order valence-electron chi connectivity index (χ3n) is 9.79. The largest absolute Gasteiger partial charge is 0.355 e. The summed E-state index contributed by atoms with van der Waals surface area (Å²) in [5, 5.41) is 5.22. The summed E-state index contributed by atoms with van der Waals surface area (Å²) >= 11 is 13.1. The zero-order valence-corrected chi connectivity index (χ0v) is 29.6. The number of halogens is 2. The van der Waals surface area contributed by atoms with Gasteiger partial charge in [-0.15, -0.1) is 0 Å². The Morgan fingerprint density at radius 1 is 0.960 bits per heavy atom. The molecule has 6 aromatic rings. The van der Waals surface area contributed by atoms with E-state index in [2.05, 4.69) is 24.8 Å². The Balaban J connectivity index is 1.22. The lowest BCUT2D eigenvalue weighted by molar-refractivity contribution is 0.102. The third kappa shape index (κ3) is 5.64. The normalized spacial score (nSPS) is 16.2. The van der Waals surface area contributed by atoms with Crippen LogP contribution < -0.4 is 10.2 Å². The molecule has 0 radical (unpaired) electrons. The predicted octanol–water partition coefficient (Wildman–Crippen LogP) is 7.46. The van der Waals surface area contributed by atoms with Crippen molar-refractivity contribution in [2.45, 2.75) is 24.9 Å². The number of pyridine rings is 1. The van der Waals surface area contributed by atoms with E-state index < -0.39 is 10.0 Å². The fourth-order valence-electron chi connectivity index (χ4n) is 7.34. The third-order valence-corrected chi connectivity index (χ3v) is 11.6. The molecule has 1 atom stereocenters. The highest BCUT2D eigenvalue weighted by molar-refractivity contribution is 7.88. The van der Waals surface area contributed by atoms with E-state index in [4.69, 9.17) is 28.2 Å². The zero-order chi connectivity index (χ0) is 34.7. The van der Waals surface area contributed by atoms with E-state index in [0.29, 0.717) is 53.2 Å². The monoisotopic (exact) mass is 725 g/mol. The van der Waals surface area contributed by atoms with E-state index in [9.17, 15) is 13.2 Å². The number of anilines is 2. The Kier molecular flexibility index (Phi) is 8.18. The number of sulfonamides is 1. The molecule has 0 saturated carbocycles. The van der Waals surface area contributed by atoms with E-state index in [0.717, 1.165) is 44.5 Å². The molecule has 1 fully saturated rings. The SMILES string of the molecule is CN(C1CCN(c2ncccc2NC(=O)c2[nH]c3cc(Cl)cc4c3c2-c2c(-c3ccccc3)ncn2[C@@H]4c2ccc(Cl)cc2)CC1)S(C)(=O)=O. The first-order chi connectivity index (χ1) is 24.1. The number of imidazole rings is 1. The van der Waals surface area contributed by atoms with Crippen LogP contribution >= 0.6 is 23.2 Å². The first-order valence-electron chi connectivity index (χ1n) is 16.3. The molecular formula is C37H33Cl2N7O3S. The van der Waals surface area contributed by atoms with E-state index in [1.807, 2.05) is 79.1 Å². The van der Waals surface area contributed by atoms with Crippen LogP contribution in [0.25, 0.3) is 33.4 Å². The summed E-state index contributed by atoms with van der Waals surface area (Å²) in [7, 11) is -1.67. The predicted molar refractivity (Wildman–Crippen MR) is 199 cm³/mol. The number of amides is 1. The van der Waals surface area contributed by atoms with Crippen molar-refractivity contribution in [1.82, 2.24) is 23.8 Å². The average Bonchev–Trinajstić information content (AvgIpc) is 3.72. The van der Waals surface area contributed by atoms with Gasteiger partial charge in [-0.25, -0.2) is 22.7 Å². The van der Waals surface area contributed by atoms with Crippen LogP contribution in [0.15, 0.2) is 91.4 Å². The number of nitrogens with zero attached hydrogens (tertiary/aromatic N) is 5. The molecule has 1 saturated heterocycles. The van der Waals surface area contributed by atoms with Crippen LogP contribution in [0.4, 0.5) is 11.5 Å². The molecule has 5 heterocycles. The van der Waals surface area contributed by atoms with Gasteiger partial charge in [-0.2, -0.15) is 0 Å². The summed E-state index contributed by atoms with van der Waals surface area (Å²) in [6, 6.07) is 24.7. The number of aromatic nitrogens is 4. The highest BCUT2D eigenvalue weighted by atomic mass is 35.5. The molecule has 1 amide bonds. The molecule has 2 aliphatic rings. The maximum atomic E-state index is 14.5. The van der Waals surface area contributed by atoms with Crippen molar-refractivity contribution in [1.29, 1.82) is 0 Å². The lowest BCUT2D eigenvalue weighted by Gasteiger charge is -2.36. The van der Waals surface area contributed by atoms with Gasteiger partial charge in [-0.05, 0) is 60.4 Å². The van der Waals surface area contributed by atoms with Gasteiger partial charge >= 0.3 is 0 Å². The van der Waals surface area contributed by atoms with Gasteiger partial charge in [0.1, 0.15) is 5.69 Å². The van der Waals surface area contributed by atoms with Gasteiger partial charge in [0.2, 0.25) is 10.0 Å². The van der Waals surface area contributed by atoms with E-state index >= 15 is 0 Å². The smallest absolute Gasteiger partial charge is 0.272 e. The number of nitrogens with one attached hydrogen (secondary N) is 2. The van der Waals surface area contributed by atoms with Crippen LogP contribution in [-0.4, -0.2) is 70.6 Å². The lowest BCUT2D eigenvalue weighted by atomic mass is 9.88. The van der Waals surface area contributed by atoms with Gasteiger partial charge in [0.15, 0.2) is 5.82 Å². The van der Waals surface area contributed by atoms with Gasteiger partial charge in [0, 0.05) is 64.5 Å². The Labute approximate surface area is 299 Å². The van der Waals surface area contributed by atoms with Crippen LogP contribution in [0.3, 0.4) is 0 Å². The molecule has 8 rings (SSSR count). The summed E-state index contributed by atoms with van der Waals surface area (Å²) < 4.78 is 27.8. The summed E-state index contributed by atoms with van der Waals surface area (Å²) in [5.41, 5.74) is 6.84. The molecule has 2 N–H and O–H groups in total. The molecule has 0 unspecified atom stereocenters. The minimum atomic E-state index is -3.30. The van der Waals surface area contributed by atoms with Gasteiger partial charge in [0.25, 0.3) is 5.91 Å². The first-order valence-corrected chi connectivity index (χ1v) is 18.9. The van der Waals surface area contributed by atoms with Crippen LogP contribution in [-0.2, 0) is 10.0 Å². The van der Waals surface area contributed by atoms with Gasteiger partial charge in [-0.3, -0.25) is 4.79 Å². The second-order valence-electron chi connectivity index (χ2n) is 12.8. The number of piperidine rings is 1. The van der Waals surface area contributed by atoms with Crippen LogP contribution in [0.5, 0.6) is 0 Å². The molecular weight excluding hydrogens is 693 g/mol. The molecule has 3 aromatic carbocycles. The standard InChI is InChI=1S/C37H33Cl2N7O3S/c1-44(50(2,48)49)26-14-17-45(18-15-26)36-28(9-6-16-40-36)43-37(47)33-31-30-27(19-25(39)20-29(30)42-33)34(23-10-12-24(38)13-11-23)46-21-41-32(35(31)46)22-7-4-3-5-8-22/h3-13,16,19-21,26,34,42H,14-15,17-18H2,1-2H3,(H,43,47)/t34-/m1/s1. The van der Waals surface area contributed by atoms with Crippen LogP contribution in [0, 0.1) is 0 Å². The second-order valence-corrected chi connectivity index (χ2v) is 15.7. The Bertz CT molecular complexity index is 2370. The molecule has 0 spiro atoms. The Morgan fingerprint density at radius 3 is 2.42 bits per heavy atom. The number of carbonyl (C=O) groups excluding carboxylic acids is 1. The quantitative estimate of drug-likeness (QED) is 0.176. The molecule has 50 heavy (non-hydrogen) atoms. The van der Waals surface area contributed by atoms with Crippen molar-refractivity contribution < 1.29 is 13.2 Å². The number of hydrogen-bond acceptors (Lipinski definition) is 6. The average molecular weight is 727 g/mol. The number of aromatic amines is 1. The summed E-state index contributed by atoms with van der Waals surface area (Å²) in [6.07, 6.45) is 6.04. The van der Waals surface area contributed by atoms with Crippen molar-refractivity contribution in [3.63, 3.8) is 0 Å². The first kappa shape index (κ1) is 32.5. The fourth-order valence-corrected chi connectivity index (χ4v) is 8.45. The zero-order valence-electron chi connectivity index (χ0n) is 27.3. The van der Waals surface area contributed by atoms with Gasteiger partial charge in [-0.1, -0.05) is 65.7 Å². The summed E-state index contributed by atoms with van der Waals surface area (Å²) in [5.74, 6) is 0.295. The van der Waals surface area contributed by atoms with Crippen molar-refractivity contribution in [3.8, 4) is 22.5 Å². The molecule has 13 heteroatoms. The minimum absolute atomic E-state index is 0.0937. The molecule has 254 valence electrons. The molecule has 10 nitrogen and oxygen atoms in total. The maximum Gasteiger partial charge on any atom is 0.272 e. The fraction of sp³-hybridized carbons (Fsp3) is 0.216. The van der Waals surface area contributed by atoms with Gasteiger partial charge in [0.05, 0.1) is 35.7 Å². The van der Waals surface area contributed by atoms with E-state index in [-0.39, 0.29) is 18.0 Å². The number of fused-ring (bicyclic) bond motifs is 2. The highest BCUT2D eigenvalue weighted by Gasteiger charge is 2.36. The van der Waals surface area contributed by atoms with Gasteiger partial charge < -0.3 is 19.8 Å². The maximum absolute atomic E-state index is 14.5. The van der Waals surface area contributed by atoms with Crippen molar-refractivity contribution in [2.75, 3.05) is 36.6 Å². The number of hydrogen-bond donors (Lipinski definition) is 2. The number of benzene rings is 3. The molecule has 2 aliphatic heterocycles. The topological polar surface area (TPSA) is 116 Å². The Hall–Kier alpha value is -4.68. The summed E-state index contributed by atoms with van der Waals surface area (Å²) in [6.45, 7) is 1.19.